The lowest BCUT2D eigenvalue weighted by Crippen LogP contribution is -2.38. The summed E-state index contributed by atoms with van der Waals surface area (Å²) in [4.78, 5) is 15.4. The first-order chi connectivity index (χ1) is 12.8. The van der Waals surface area contributed by atoms with Crippen molar-refractivity contribution in [3.05, 3.63) is 36.2 Å². The second kappa shape index (κ2) is 7.92. The molecule has 1 aliphatic heterocycles. The molecule has 7 heteroatoms. The molecule has 0 radical (unpaired) electrons. The van der Waals surface area contributed by atoms with Gasteiger partial charge in [0.1, 0.15) is 5.82 Å². The van der Waals surface area contributed by atoms with E-state index >= 15 is 0 Å². The van der Waals surface area contributed by atoms with Crippen LogP contribution in [-0.4, -0.2) is 46.1 Å². The predicted molar refractivity (Wildman–Crippen MR) is 110 cm³/mol. The van der Waals surface area contributed by atoms with Gasteiger partial charge in [-0.15, -0.1) is 22.0 Å². The number of benzene rings is 1. The lowest BCUT2D eigenvalue weighted by Gasteiger charge is -2.31. The number of hydrogen-bond donors (Lipinski definition) is 1. The van der Waals surface area contributed by atoms with Crippen LogP contribution in [0.5, 0.6) is 0 Å². The Hall–Kier alpha value is -2.02. The molecule has 0 bridgehead atoms. The van der Waals surface area contributed by atoms with Crippen molar-refractivity contribution in [2.45, 2.75) is 43.5 Å². The van der Waals surface area contributed by atoms with E-state index in [2.05, 4.69) is 77.1 Å². The highest BCUT2D eigenvalue weighted by Crippen LogP contribution is 2.38. The molecule has 2 aromatic rings. The lowest BCUT2D eigenvalue weighted by molar-refractivity contribution is -0.119. The number of amides is 1. The zero-order valence-electron chi connectivity index (χ0n) is 16.8. The van der Waals surface area contributed by atoms with Crippen LogP contribution in [0.15, 0.2) is 35.2 Å². The number of carbonyl (C=O) groups is 1. The standard InChI is InChI=1S/C20H29N5OS/c1-14(2)20(11-17(26)21-13-20)18-22-23-19(25(18)5)24(4)15(3)12-27-16-9-7-6-8-10-16/h6-10,14-15H,11-13H2,1-5H3,(H,21,26). The molecule has 3 rings (SSSR count). The number of thioether (sulfide) groups is 1. The molecule has 0 spiro atoms. The van der Waals surface area contributed by atoms with E-state index in [1.807, 2.05) is 24.9 Å². The second-order valence-corrected chi connectivity index (χ2v) is 8.82. The Balaban J connectivity index is 1.76. The fraction of sp³-hybridized carbons (Fsp3) is 0.550. The molecule has 2 unspecified atom stereocenters. The molecule has 1 amide bonds. The van der Waals surface area contributed by atoms with Gasteiger partial charge in [-0.05, 0) is 25.0 Å². The van der Waals surface area contributed by atoms with Gasteiger partial charge >= 0.3 is 0 Å². The summed E-state index contributed by atoms with van der Waals surface area (Å²) in [6.07, 6.45) is 0.472. The normalized spacial score (nSPS) is 20.7. The van der Waals surface area contributed by atoms with Gasteiger partial charge < -0.3 is 10.2 Å². The maximum absolute atomic E-state index is 11.9. The molecule has 1 aromatic carbocycles. The summed E-state index contributed by atoms with van der Waals surface area (Å²) in [5.41, 5.74) is -0.292. The van der Waals surface area contributed by atoms with Crippen LogP contribution in [0.25, 0.3) is 0 Å². The number of carbonyl (C=O) groups excluding carboxylic acids is 1. The Kier molecular flexibility index (Phi) is 5.79. The highest BCUT2D eigenvalue weighted by atomic mass is 32.2. The summed E-state index contributed by atoms with van der Waals surface area (Å²) in [7, 11) is 4.06. The molecule has 27 heavy (non-hydrogen) atoms. The van der Waals surface area contributed by atoms with Crippen molar-refractivity contribution in [1.82, 2.24) is 20.1 Å². The van der Waals surface area contributed by atoms with Gasteiger partial charge in [-0.1, -0.05) is 32.0 Å². The first-order valence-corrected chi connectivity index (χ1v) is 10.4. The van der Waals surface area contributed by atoms with Crippen molar-refractivity contribution in [1.29, 1.82) is 0 Å². The van der Waals surface area contributed by atoms with E-state index in [0.29, 0.717) is 24.9 Å². The van der Waals surface area contributed by atoms with Crippen LogP contribution < -0.4 is 10.2 Å². The number of hydrogen-bond acceptors (Lipinski definition) is 5. The molecule has 1 saturated heterocycles. The molecule has 2 atom stereocenters. The summed E-state index contributed by atoms with van der Waals surface area (Å²) in [6.45, 7) is 7.12. The van der Waals surface area contributed by atoms with E-state index in [9.17, 15) is 4.79 Å². The van der Waals surface area contributed by atoms with Crippen molar-refractivity contribution in [3.63, 3.8) is 0 Å². The maximum atomic E-state index is 11.9. The van der Waals surface area contributed by atoms with Crippen molar-refractivity contribution in [2.75, 3.05) is 24.2 Å². The summed E-state index contributed by atoms with van der Waals surface area (Å²) in [6, 6.07) is 10.7. The minimum absolute atomic E-state index is 0.0919. The van der Waals surface area contributed by atoms with Gasteiger partial charge in [0.15, 0.2) is 0 Å². The van der Waals surface area contributed by atoms with Gasteiger partial charge in [0.2, 0.25) is 11.9 Å². The smallest absolute Gasteiger partial charge is 0.226 e. The quantitative estimate of drug-likeness (QED) is 0.740. The molecule has 1 aliphatic rings. The zero-order valence-corrected chi connectivity index (χ0v) is 17.6. The third-order valence-corrected chi connectivity index (χ3v) is 6.94. The van der Waals surface area contributed by atoms with Crippen LogP contribution in [-0.2, 0) is 17.3 Å². The van der Waals surface area contributed by atoms with Crippen molar-refractivity contribution >= 4 is 23.6 Å². The van der Waals surface area contributed by atoms with Crippen LogP contribution in [0, 0.1) is 5.92 Å². The Labute approximate surface area is 165 Å². The molecule has 1 fully saturated rings. The van der Waals surface area contributed by atoms with Gasteiger partial charge in [0.25, 0.3) is 0 Å². The minimum atomic E-state index is -0.292. The third kappa shape index (κ3) is 3.83. The van der Waals surface area contributed by atoms with Crippen LogP contribution in [0.1, 0.15) is 33.0 Å². The highest BCUT2D eigenvalue weighted by molar-refractivity contribution is 7.99. The molecule has 0 saturated carbocycles. The molecule has 2 heterocycles. The van der Waals surface area contributed by atoms with Gasteiger partial charge in [-0.2, -0.15) is 0 Å². The Morgan fingerprint density at radius 3 is 2.56 bits per heavy atom. The number of nitrogens with zero attached hydrogens (tertiary/aromatic N) is 4. The van der Waals surface area contributed by atoms with Gasteiger partial charge in [-0.25, -0.2) is 0 Å². The van der Waals surface area contributed by atoms with E-state index < -0.39 is 0 Å². The molecule has 146 valence electrons. The molecular weight excluding hydrogens is 358 g/mol. The largest absolute Gasteiger partial charge is 0.355 e. The molecule has 6 nitrogen and oxygen atoms in total. The minimum Gasteiger partial charge on any atom is -0.355 e. The molecule has 1 N–H and O–H groups in total. The number of aromatic nitrogens is 3. The average Bonchev–Trinajstić information content (AvgIpc) is 3.23. The summed E-state index contributed by atoms with van der Waals surface area (Å²) >= 11 is 1.84. The van der Waals surface area contributed by atoms with Crippen molar-refractivity contribution in [2.24, 2.45) is 13.0 Å². The SMILES string of the molecule is CC(CSc1ccccc1)N(C)c1nnc(C2(C(C)C)CNC(=O)C2)n1C. The fourth-order valence-corrected chi connectivity index (χ4v) is 4.60. The zero-order chi connectivity index (χ0) is 19.6. The average molecular weight is 388 g/mol. The summed E-state index contributed by atoms with van der Waals surface area (Å²) < 4.78 is 2.06. The predicted octanol–water partition coefficient (Wildman–Crippen LogP) is 2.85. The van der Waals surface area contributed by atoms with E-state index in [1.54, 1.807) is 0 Å². The molecule has 0 aliphatic carbocycles. The van der Waals surface area contributed by atoms with E-state index in [0.717, 1.165) is 17.5 Å². The summed E-state index contributed by atoms with van der Waals surface area (Å²) in [5.74, 6) is 3.07. The molecule has 1 aromatic heterocycles. The second-order valence-electron chi connectivity index (χ2n) is 7.73. The maximum Gasteiger partial charge on any atom is 0.226 e. The third-order valence-electron chi connectivity index (χ3n) is 5.69. The van der Waals surface area contributed by atoms with E-state index in [1.165, 1.54) is 4.90 Å². The number of nitrogens with one attached hydrogen (secondary N) is 1. The van der Waals surface area contributed by atoms with Gasteiger partial charge in [-0.3, -0.25) is 9.36 Å². The van der Waals surface area contributed by atoms with Crippen LogP contribution >= 0.6 is 11.8 Å². The molecular formula is C20H29N5OS. The fourth-order valence-electron chi connectivity index (χ4n) is 3.60. The monoisotopic (exact) mass is 387 g/mol. The van der Waals surface area contributed by atoms with Crippen molar-refractivity contribution in [3.8, 4) is 0 Å². The highest BCUT2D eigenvalue weighted by Gasteiger charge is 2.46. The van der Waals surface area contributed by atoms with Crippen LogP contribution in [0.2, 0.25) is 0 Å². The van der Waals surface area contributed by atoms with Gasteiger partial charge in [0.05, 0.1) is 5.41 Å². The summed E-state index contributed by atoms with van der Waals surface area (Å²) in [5, 5.41) is 12.0. The Bertz CT molecular complexity index is 791. The van der Waals surface area contributed by atoms with Crippen LogP contribution in [0.4, 0.5) is 5.95 Å². The topological polar surface area (TPSA) is 63.1 Å². The number of anilines is 1. The lowest BCUT2D eigenvalue weighted by atomic mass is 9.75. The van der Waals surface area contributed by atoms with Crippen LogP contribution in [0.3, 0.4) is 0 Å². The van der Waals surface area contributed by atoms with Crippen molar-refractivity contribution < 1.29 is 4.79 Å². The first kappa shape index (κ1) is 19.7. The first-order valence-electron chi connectivity index (χ1n) is 9.42. The van der Waals surface area contributed by atoms with E-state index in [4.69, 9.17) is 0 Å². The number of rotatable bonds is 7. The van der Waals surface area contributed by atoms with E-state index in [-0.39, 0.29) is 11.3 Å². The van der Waals surface area contributed by atoms with Gasteiger partial charge in [0, 0.05) is 43.8 Å². The Morgan fingerprint density at radius 2 is 1.96 bits per heavy atom. The Morgan fingerprint density at radius 1 is 1.26 bits per heavy atom.